The van der Waals surface area contributed by atoms with E-state index in [1.54, 1.807) is 0 Å². The quantitative estimate of drug-likeness (QED) is 0.574. The first-order chi connectivity index (χ1) is 17.2. The van der Waals surface area contributed by atoms with E-state index in [-0.39, 0.29) is 23.8 Å². The molecule has 1 N–H and O–H groups in total. The van der Waals surface area contributed by atoms with Gasteiger partial charge in [-0.3, -0.25) is 14.5 Å². The van der Waals surface area contributed by atoms with Crippen molar-refractivity contribution in [2.45, 2.75) is 45.1 Å². The zero-order chi connectivity index (χ0) is 25.9. The number of nitrogens with one attached hydrogen (secondary N) is 1. The fourth-order valence-corrected chi connectivity index (χ4v) is 5.42. The van der Waals surface area contributed by atoms with Crippen molar-refractivity contribution in [1.82, 2.24) is 20.0 Å². The van der Waals surface area contributed by atoms with E-state index in [0.717, 1.165) is 11.1 Å². The van der Waals surface area contributed by atoms with E-state index in [4.69, 9.17) is 0 Å². The molecule has 1 atom stereocenters. The van der Waals surface area contributed by atoms with Gasteiger partial charge in [-0.25, -0.2) is 4.79 Å². The Morgan fingerprint density at radius 1 is 1.03 bits per heavy atom. The maximum absolute atomic E-state index is 13.8. The minimum atomic E-state index is -0.936. The molecule has 4 rings (SSSR count). The number of carbonyl (C=O) groups is 3. The van der Waals surface area contributed by atoms with Crippen molar-refractivity contribution in [3.63, 3.8) is 0 Å². The van der Waals surface area contributed by atoms with Gasteiger partial charge in [0.05, 0.1) is 0 Å². The van der Waals surface area contributed by atoms with Crippen molar-refractivity contribution in [2.24, 2.45) is 5.92 Å². The number of carbonyl (C=O) groups excluding carboxylic acids is 3. The summed E-state index contributed by atoms with van der Waals surface area (Å²) in [6, 6.07) is 15.6. The van der Waals surface area contributed by atoms with Gasteiger partial charge in [-0.15, -0.1) is 0 Å². The number of hydrogen-bond acceptors (Lipinski definition) is 4. The molecule has 2 aromatic rings. The lowest BCUT2D eigenvalue weighted by atomic mass is 9.74. The molecule has 4 amide bonds. The molecule has 0 spiro atoms. The fraction of sp³-hybridized carbons (Fsp3) is 0.483. The first kappa shape index (κ1) is 25.9. The topological polar surface area (TPSA) is 73.0 Å². The average molecular weight is 491 g/mol. The molecular formula is C29H38N4O3. The number of amides is 4. The largest absolute Gasteiger partial charge is 0.339 e. The summed E-state index contributed by atoms with van der Waals surface area (Å²) in [5, 5.41) is 3.14. The standard InChI is InChI=1S/C29H38N4O3/c1-21-10-11-24(20-22(21)2)26(34)32-16-13-25(14-17-32)29(15-12-23-8-6-5-7-9-23)27(35)33(28(36)30-29)19-18-31(3)4/h5-11,20,25H,12-19H2,1-4H3,(H,30,36)/t29-/m0/s1. The number of nitrogens with zero attached hydrogens (tertiary/aromatic N) is 3. The second kappa shape index (κ2) is 10.8. The predicted molar refractivity (Wildman–Crippen MR) is 141 cm³/mol. The van der Waals surface area contributed by atoms with Gasteiger partial charge in [0, 0.05) is 31.7 Å². The fourth-order valence-electron chi connectivity index (χ4n) is 5.42. The highest BCUT2D eigenvalue weighted by molar-refractivity contribution is 6.07. The highest BCUT2D eigenvalue weighted by atomic mass is 16.2. The molecule has 2 heterocycles. The Morgan fingerprint density at radius 2 is 1.72 bits per heavy atom. The second-order valence-corrected chi connectivity index (χ2v) is 10.5. The Hall–Kier alpha value is -3.19. The molecule has 0 unspecified atom stereocenters. The molecule has 192 valence electrons. The van der Waals surface area contributed by atoms with Crippen molar-refractivity contribution < 1.29 is 14.4 Å². The van der Waals surface area contributed by atoms with Crippen LogP contribution in [0.5, 0.6) is 0 Å². The highest BCUT2D eigenvalue weighted by Crippen LogP contribution is 2.37. The Balaban J connectivity index is 1.51. The van der Waals surface area contributed by atoms with E-state index >= 15 is 0 Å². The molecule has 36 heavy (non-hydrogen) atoms. The molecule has 0 aromatic heterocycles. The number of rotatable bonds is 8. The smallest absolute Gasteiger partial charge is 0.325 e. The van der Waals surface area contributed by atoms with Crippen LogP contribution in [0.1, 0.15) is 46.3 Å². The van der Waals surface area contributed by atoms with E-state index in [2.05, 4.69) is 17.4 Å². The zero-order valence-electron chi connectivity index (χ0n) is 21.9. The zero-order valence-corrected chi connectivity index (χ0v) is 21.9. The van der Waals surface area contributed by atoms with Crippen LogP contribution in [0.2, 0.25) is 0 Å². The normalized spacial score (nSPS) is 20.8. The van der Waals surface area contributed by atoms with E-state index in [0.29, 0.717) is 57.4 Å². The number of likely N-dealkylation sites (N-methyl/N-ethyl adjacent to an activating group) is 1. The van der Waals surface area contributed by atoms with Crippen molar-refractivity contribution in [3.05, 3.63) is 70.8 Å². The number of aryl methyl sites for hydroxylation is 3. The van der Waals surface area contributed by atoms with Crippen LogP contribution in [0.4, 0.5) is 4.79 Å². The monoisotopic (exact) mass is 490 g/mol. The number of piperidine rings is 1. The minimum Gasteiger partial charge on any atom is -0.339 e. The van der Waals surface area contributed by atoms with Gasteiger partial charge in [0.15, 0.2) is 0 Å². The van der Waals surface area contributed by atoms with Gasteiger partial charge in [0.1, 0.15) is 5.54 Å². The molecule has 2 aliphatic rings. The third-order valence-electron chi connectivity index (χ3n) is 7.86. The summed E-state index contributed by atoms with van der Waals surface area (Å²) in [6.45, 7) is 6.20. The minimum absolute atomic E-state index is 0.0224. The van der Waals surface area contributed by atoms with Gasteiger partial charge in [-0.1, -0.05) is 36.4 Å². The molecule has 0 aliphatic carbocycles. The lowest BCUT2D eigenvalue weighted by Gasteiger charge is -2.41. The molecule has 2 fully saturated rings. The van der Waals surface area contributed by atoms with Crippen molar-refractivity contribution in [3.8, 4) is 0 Å². The Labute approximate surface area is 214 Å². The van der Waals surface area contributed by atoms with Crippen LogP contribution in [0, 0.1) is 19.8 Å². The Bertz CT molecular complexity index is 1110. The summed E-state index contributed by atoms with van der Waals surface area (Å²) in [5.74, 6) is -0.112. The molecular weight excluding hydrogens is 452 g/mol. The van der Waals surface area contributed by atoms with Crippen LogP contribution in [-0.2, 0) is 11.2 Å². The number of hydrogen-bond donors (Lipinski definition) is 1. The summed E-state index contributed by atoms with van der Waals surface area (Å²) in [7, 11) is 3.87. The predicted octanol–water partition coefficient (Wildman–Crippen LogP) is 3.64. The summed E-state index contributed by atoms with van der Waals surface area (Å²) in [4.78, 5) is 45.2. The van der Waals surface area contributed by atoms with E-state index in [9.17, 15) is 14.4 Å². The maximum atomic E-state index is 13.8. The molecule has 0 saturated carbocycles. The number of benzene rings is 2. The van der Waals surface area contributed by atoms with Gasteiger partial charge >= 0.3 is 6.03 Å². The van der Waals surface area contributed by atoms with Crippen LogP contribution < -0.4 is 5.32 Å². The third kappa shape index (κ3) is 5.31. The Kier molecular flexibility index (Phi) is 7.79. The summed E-state index contributed by atoms with van der Waals surface area (Å²) >= 11 is 0. The van der Waals surface area contributed by atoms with E-state index < -0.39 is 5.54 Å². The number of likely N-dealkylation sites (tertiary alicyclic amines) is 1. The number of urea groups is 1. The molecule has 0 bridgehead atoms. The van der Waals surface area contributed by atoms with Crippen molar-refractivity contribution in [2.75, 3.05) is 40.3 Å². The van der Waals surface area contributed by atoms with Gasteiger partial charge < -0.3 is 15.1 Å². The first-order valence-corrected chi connectivity index (χ1v) is 12.9. The van der Waals surface area contributed by atoms with Crippen LogP contribution >= 0.6 is 0 Å². The lowest BCUT2D eigenvalue weighted by Crippen LogP contribution is -2.57. The van der Waals surface area contributed by atoms with Crippen LogP contribution in [0.25, 0.3) is 0 Å². The molecule has 2 aromatic carbocycles. The molecule has 7 heteroatoms. The SMILES string of the molecule is Cc1ccc(C(=O)N2CCC([C@]3(CCc4ccccc4)NC(=O)N(CCN(C)C)C3=O)CC2)cc1C. The van der Waals surface area contributed by atoms with Gasteiger partial charge in [-0.2, -0.15) is 0 Å². The first-order valence-electron chi connectivity index (χ1n) is 12.9. The summed E-state index contributed by atoms with van der Waals surface area (Å²) in [6.07, 6.45) is 2.61. The third-order valence-corrected chi connectivity index (χ3v) is 7.86. The average Bonchev–Trinajstić information content (AvgIpc) is 3.12. The van der Waals surface area contributed by atoms with Crippen molar-refractivity contribution >= 4 is 17.8 Å². The maximum Gasteiger partial charge on any atom is 0.325 e. The van der Waals surface area contributed by atoms with Gasteiger partial charge in [0.2, 0.25) is 0 Å². The number of imide groups is 1. The van der Waals surface area contributed by atoms with E-state index in [1.165, 1.54) is 10.5 Å². The molecule has 2 saturated heterocycles. The van der Waals surface area contributed by atoms with Gasteiger partial charge in [0.25, 0.3) is 11.8 Å². The van der Waals surface area contributed by atoms with E-state index in [1.807, 2.05) is 74.1 Å². The molecule has 2 aliphatic heterocycles. The van der Waals surface area contributed by atoms with Crippen LogP contribution in [-0.4, -0.2) is 78.4 Å². The summed E-state index contributed by atoms with van der Waals surface area (Å²) in [5.41, 5.74) is 3.19. The van der Waals surface area contributed by atoms with Gasteiger partial charge in [-0.05, 0) is 88.4 Å². The summed E-state index contributed by atoms with van der Waals surface area (Å²) < 4.78 is 0. The molecule has 0 radical (unpaired) electrons. The highest BCUT2D eigenvalue weighted by Gasteiger charge is 2.55. The second-order valence-electron chi connectivity index (χ2n) is 10.5. The Morgan fingerprint density at radius 3 is 2.36 bits per heavy atom. The van der Waals surface area contributed by atoms with Crippen LogP contribution in [0.3, 0.4) is 0 Å². The van der Waals surface area contributed by atoms with Crippen LogP contribution in [0.15, 0.2) is 48.5 Å². The van der Waals surface area contributed by atoms with Crippen molar-refractivity contribution in [1.29, 1.82) is 0 Å². The molecule has 7 nitrogen and oxygen atoms in total. The lowest BCUT2D eigenvalue weighted by molar-refractivity contribution is -0.134.